The summed E-state index contributed by atoms with van der Waals surface area (Å²) in [7, 11) is 0. The molecule has 0 spiro atoms. The van der Waals surface area contributed by atoms with E-state index >= 15 is 0 Å². The summed E-state index contributed by atoms with van der Waals surface area (Å²) in [6, 6.07) is 13.7. The Labute approximate surface area is 124 Å². The third kappa shape index (κ3) is 4.60. The molecule has 0 fully saturated rings. The van der Waals surface area contributed by atoms with Crippen molar-refractivity contribution in [3.05, 3.63) is 59.4 Å². The summed E-state index contributed by atoms with van der Waals surface area (Å²) < 4.78 is 5.55. The van der Waals surface area contributed by atoms with E-state index in [1.54, 1.807) is 19.1 Å². The molecule has 1 N–H and O–H groups in total. The second kappa shape index (κ2) is 7.43. The van der Waals surface area contributed by atoms with Crippen LogP contribution in [0.2, 0.25) is 0 Å². The van der Waals surface area contributed by atoms with Crippen LogP contribution in [0.5, 0.6) is 5.75 Å². The van der Waals surface area contributed by atoms with Crippen LogP contribution in [-0.2, 0) is 6.42 Å². The van der Waals surface area contributed by atoms with Gasteiger partial charge < -0.3 is 9.84 Å². The summed E-state index contributed by atoms with van der Waals surface area (Å²) in [5.41, 5.74) is 1.96. The van der Waals surface area contributed by atoms with Crippen molar-refractivity contribution in [3.8, 4) is 5.75 Å². The molecule has 0 bridgehead atoms. The van der Waals surface area contributed by atoms with Crippen LogP contribution in [0.15, 0.2) is 42.5 Å². The molecule has 110 valence electrons. The molecule has 0 aliphatic heterocycles. The minimum Gasteiger partial charge on any atom is -0.491 e. The molecule has 1 aromatic heterocycles. The van der Waals surface area contributed by atoms with Gasteiger partial charge in [0.2, 0.25) is 0 Å². The summed E-state index contributed by atoms with van der Waals surface area (Å²) >= 11 is 0. The average Bonchev–Trinajstić information content (AvgIpc) is 2.49. The van der Waals surface area contributed by atoms with Gasteiger partial charge in [-0.25, -0.2) is 9.78 Å². The number of benzene rings is 1. The second-order valence-electron chi connectivity index (χ2n) is 4.90. The van der Waals surface area contributed by atoms with E-state index in [9.17, 15) is 4.79 Å². The van der Waals surface area contributed by atoms with Gasteiger partial charge in [0.25, 0.3) is 0 Å². The van der Waals surface area contributed by atoms with Crippen LogP contribution in [0.1, 0.15) is 34.6 Å². The number of hydrogen-bond donors (Lipinski definition) is 1. The Bertz CT molecular complexity index is 596. The summed E-state index contributed by atoms with van der Waals surface area (Å²) in [5.74, 6) is -0.717. The monoisotopic (exact) mass is 285 g/mol. The predicted molar refractivity (Wildman–Crippen MR) is 80.8 cm³/mol. The molecular formula is C17H19NO3. The number of rotatable bonds is 7. The first-order chi connectivity index (χ1) is 10.2. The number of carboxylic acids is 1. The number of aryl methyl sites for hydroxylation is 2. The topological polar surface area (TPSA) is 59.4 Å². The molecule has 0 radical (unpaired) electrons. The Morgan fingerprint density at radius 2 is 1.90 bits per heavy atom. The fourth-order valence-electron chi connectivity index (χ4n) is 2.07. The zero-order valence-electron chi connectivity index (χ0n) is 12.1. The number of hydrogen-bond acceptors (Lipinski definition) is 3. The van der Waals surface area contributed by atoms with Gasteiger partial charge in [0.1, 0.15) is 0 Å². The third-order valence-electron chi connectivity index (χ3n) is 3.16. The van der Waals surface area contributed by atoms with E-state index in [0.29, 0.717) is 18.1 Å². The lowest BCUT2D eigenvalue weighted by atomic mass is 10.1. The summed E-state index contributed by atoms with van der Waals surface area (Å²) in [4.78, 5) is 15.1. The van der Waals surface area contributed by atoms with E-state index in [0.717, 1.165) is 19.3 Å². The zero-order chi connectivity index (χ0) is 15.1. The van der Waals surface area contributed by atoms with E-state index in [2.05, 4.69) is 17.1 Å². The molecule has 1 aromatic carbocycles. The quantitative estimate of drug-likeness (QED) is 0.791. The highest BCUT2D eigenvalue weighted by molar-refractivity contribution is 5.88. The van der Waals surface area contributed by atoms with Crippen molar-refractivity contribution in [2.75, 3.05) is 6.61 Å². The number of pyridine rings is 1. The maximum Gasteiger partial charge on any atom is 0.358 e. The maximum atomic E-state index is 11.1. The number of unbranched alkanes of at least 4 members (excludes halogenated alkanes) is 1. The first kappa shape index (κ1) is 15.0. The van der Waals surface area contributed by atoms with E-state index < -0.39 is 5.97 Å². The molecule has 1 heterocycles. The van der Waals surface area contributed by atoms with Gasteiger partial charge in [-0.15, -0.1) is 0 Å². The van der Waals surface area contributed by atoms with Crippen LogP contribution >= 0.6 is 0 Å². The largest absolute Gasteiger partial charge is 0.491 e. The number of carboxylic acid groups (broad SMARTS) is 1. The number of nitrogens with zero attached hydrogens (tertiary/aromatic N) is 1. The third-order valence-corrected chi connectivity index (χ3v) is 3.16. The molecule has 0 aliphatic rings. The molecule has 0 saturated carbocycles. The van der Waals surface area contributed by atoms with Gasteiger partial charge in [-0.3, -0.25) is 0 Å². The average molecular weight is 285 g/mol. The molecule has 2 rings (SSSR count). The van der Waals surface area contributed by atoms with Crippen LogP contribution in [0.4, 0.5) is 0 Å². The van der Waals surface area contributed by atoms with Crippen molar-refractivity contribution in [3.63, 3.8) is 0 Å². The van der Waals surface area contributed by atoms with Crippen LogP contribution in [-0.4, -0.2) is 22.7 Å². The molecule has 0 amide bonds. The molecule has 4 nitrogen and oxygen atoms in total. The van der Waals surface area contributed by atoms with Crippen molar-refractivity contribution >= 4 is 5.97 Å². The Morgan fingerprint density at radius 3 is 2.62 bits per heavy atom. The molecule has 0 aliphatic carbocycles. The number of aromatic carboxylic acids is 1. The first-order valence-electron chi connectivity index (χ1n) is 7.04. The van der Waals surface area contributed by atoms with Crippen molar-refractivity contribution in [2.45, 2.75) is 26.2 Å². The SMILES string of the molecule is Cc1ccc(OCCCCc2ccccc2)c(C(=O)O)n1. The summed E-state index contributed by atoms with van der Waals surface area (Å²) in [6.45, 7) is 2.26. The highest BCUT2D eigenvalue weighted by Gasteiger charge is 2.13. The predicted octanol–water partition coefficient (Wildman–Crippen LogP) is 3.49. The first-order valence-corrected chi connectivity index (χ1v) is 7.04. The van der Waals surface area contributed by atoms with E-state index in [-0.39, 0.29) is 5.69 Å². The Morgan fingerprint density at radius 1 is 1.14 bits per heavy atom. The van der Waals surface area contributed by atoms with Crippen LogP contribution in [0.3, 0.4) is 0 Å². The van der Waals surface area contributed by atoms with Crippen LogP contribution in [0.25, 0.3) is 0 Å². The zero-order valence-corrected chi connectivity index (χ0v) is 12.1. The Balaban J connectivity index is 1.80. The van der Waals surface area contributed by atoms with Crippen molar-refractivity contribution in [2.24, 2.45) is 0 Å². The van der Waals surface area contributed by atoms with Gasteiger partial charge in [-0.2, -0.15) is 0 Å². The molecule has 0 unspecified atom stereocenters. The normalized spacial score (nSPS) is 10.3. The Kier molecular flexibility index (Phi) is 5.32. The lowest BCUT2D eigenvalue weighted by molar-refractivity contribution is 0.0685. The maximum absolute atomic E-state index is 11.1. The number of aromatic nitrogens is 1. The molecule has 21 heavy (non-hydrogen) atoms. The van der Waals surface area contributed by atoms with E-state index in [1.807, 2.05) is 18.2 Å². The smallest absolute Gasteiger partial charge is 0.358 e. The highest BCUT2D eigenvalue weighted by Crippen LogP contribution is 2.17. The van der Waals surface area contributed by atoms with Crippen LogP contribution < -0.4 is 4.74 Å². The van der Waals surface area contributed by atoms with Gasteiger partial charge in [-0.1, -0.05) is 30.3 Å². The van der Waals surface area contributed by atoms with Gasteiger partial charge >= 0.3 is 5.97 Å². The van der Waals surface area contributed by atoms with E-state index in [4.69, 9.17) is 9.84 Å². The number of ether oxygens (including phenoxy) is 1. The molecule has 4 heteroatoms. The second-order valence-corrected chi connectivity index (χ2v) is 4.90. The minimum absolute atomic E-state index is 0.0157. The van der Waals surface area contributed by atoms with Crippen LogP contribution in [0, 0.1) is 6.92 Å². The highest BCUT2D eigenvalue weighted by atomic mass is 16.5. The summed E-state index contributed by atoms with van der Waals surface area (Å²) in [6.07, 6.45) is 2.88. The summed E-state index contributed by atoms with van der Waals surface area (Å²) in [5, 5.41) is 9.10. The van der Waals surface area contributed by atoms with E-state index in [1.165, 1.54) is 5.56 Å². The Hall–Kier alpha value is -2.36. The molecular weight excluding hydrogens is 266 g/mol. The fourth-order valence-corrected chi connectivity index (χ4v) is 2.07. The lowest BCUT2D eigenvalue weighted by Crippen LogP contribution is -2.07. The minimum atomic E-state index is -1.06. The van der Waals surface area contributed by atoms with Gasteiger partial charge in [0.05, 0.1) is 6.61 Å². The molecule has 2 aromatic rings. The van der Waals surface area contributed by atoms with Gasteiger partial charge in [0.15, 0.2) is 11.4 Å². The van der Waals surface area contributed by atoms with Gasteiger partial charge in [-0.05, 0) is 43.9 Å². The standard InChI is InChI=1S/C17H19NO3/c1-13-10-11-15(16(18-13)17(19)20)21-12-6-5-9-14-7-3-2-4-8-14/h2-4,7-8,10-11H,5-6,9,12H2,1H3,(H,19,20). The van der Waals surface area contributed by atoms with Gasteiger partial charge in [0, 0.05) is 5.69 Å². The molecule has 0 atom stereocenters. The molecule has 0 saturated heterocycles. The fraction of sp³-hybridized carbons (Fsp3) is 0.294. The van der Waals surface area contributed by atoms with Crippen molar-refractivity contribution < 1.29 is 14.6 Å². The van der Waals surface area contributed by atoms with Crippen molar-refractivity contribution in [1.29, 1.82) is 0 Å². The van der Waals surface area contributed by atoms with Crippen molar-refractivity contribution in [1.82, 2.24) is 4.98 Å². The lowest BCUT2D eigenvalue weighted by Gasteiger charge is -2.09. The number of carbonyl (C=O) groups is 1.